The van der Waals surface area contributed by atoms with Crippen molar-refractivity contribution in [2.24, 2.45) is 0 Å². The smallest absolute Gasteiger partial charge is 0.211 e. The maximum Gasteiger partial charge on any atom is 0.211 e. The van der Waals surface area contributed by atoms with Crippen molar-refractivity contribution in [3.8, 4) is 0 Å². The van der Waals surface area contributed by atoms with Crippen LogP contribution in [0.1, 0.15) is 6.42 Å². The topological polar surface area (TPSA) is 66.8 Å². The van der Waals surface area contributed by atoms with E-state index in [9.17, 15) is 8.42 Å². The van der Waals surface area contributed by atoms with E-state index in [4.69, 9.17) is 9.84 Å². The second-order valence-corrected chi connectivity index (χ2v) is 5.13. The molecule has 0 saturated carbocycles. The first-order valence-electron chi connectivity index (χ1n) is 4.21. The molecule has 6 heteroatoms. The van der Waals surface area contributed by atoms with Crippen molar-refractivity contribution >= 4 is 10.0 Å². The van der Waals surface area contributed by atoms with Crippen LogP contribution in [0.25, 0.3) is 0 Å². The Hall–Kier alpha value is -0.170. The molecule has 0 aromatic carbocycles. The number of aliphatic hydroxyl groups excluding tert-OH is 1. The Kier molecular flexibility index (Phi) is 3.66. The lowest BCUT2D eigenvalue weighted by Gasteiger charge is -2.36. The van der Waals surface area contributed by atoms with E-state index in [1.54, 1.807) is 0 Å². The van der Waals surface area contributed by atoms with Crippen molar-refractivity contribution in [3.63, 3.8) is 0 Å². The molecule has 0 unspecified atom stereocenters. The summed E-state index contributed by atoms with van der Waals surface area (Å²) in [7, 11) is -3.03. The molecule has 0 spiro atoms. The lowest BCUT2D eigenvalue weighted by molar-refractivity contribution is -0.0238. The largest absolute Gasteiger partial charge is 0.396 e. The molecule has 0 amide bonds. The number of aliphatic hydroxyl groups is 1. The Bertz CT molecular complexity index is 245. The fourth-order valence-electron chi connectivity index (χ4n) is 1.09. The molecule has 1 saturated heterocycles. The quantitative estimate of drug-likeness (QED) is 0.592. The van der Waals surface area contributed by atoms with E-state index in [0.29, 0.717) is 26.1 Å². The van der Waals surface area contributed by atoms with Crippen LogP contribution in [0.15, 0.2) is 0 Å². The summed E-state index contributed by atoms with van der Waals surface area (Å²) in [6, 6.07) is 0. The first-order valence-corrected chi connectivity index (χ1v) is 6.06. The van der Waals surface area contributed by atoms with E-state index in [0.717, 1.165) is 0 Å². The van der Waals surface area contributed by atoms with Gasteiger partial charge >= 0.3 is 0 Å². The average molecular weight is 209 g/mol. The van der Waals surface area contributed by atoms with Gasteiger partial charge in [0.2, 0.25) is 10.0 Å². The average Bonchev–Trinajstić information content (AvgIpc) is 1.91. The van der Waals surface area contributed by atoms with Crippen molar-refractivity contribution in [2.45, 2.75) is 12.5 Å². The van der Waals surface area contributed by atoms with Gasteiger partial charge in [0.05, 0.1) is 12.4 Å². The van der Waals surface area contributed by atoms with Crippen LogP contribution in [-0.2, 0) is 14.8 Å². The first kappa shape index (κ1) is 10.9. The summed E-state index contributed by atoms with van der Waals surface area (Å²) < 4.78 is 28.5. The second kappa shape index (κ2) is 4.36. The van der Waals surface area contributed by atoms with E-state index < -0.39 is 10.0 Å². The number of sulfonamides is 1. The Balaban J connectivity index is 2.12. The van der Waals surface area contributed by atoms with Crippen molar-refractivity contribution < 1.29 is 18.3 Å². The third-order valence-electron chi connectivity index (χ3n) is 1.94. The van der Waals surface area contributed by atoms with E-state index in [-0.39, 0.29) is 12.7 Å². The molecule has 0 atom stereocenters. The Labute approximate surface area is 78.4 Å². The lowest BCUT2D eigenvalue weighted by atomic mass is 10.2. The number of ether oxygens (including phenoxy) is 1. The first-order chi connectivity index (χ1) is 6.04. The highest BCUT2D eigenvalue weighted by Crippen LogP contribution is 2.14. The van der Waals surface area contributed by atoms with Crippen LogP contribution in [0, 0.1) is 0 Å². The molecule has 0 bridgehead atoms. The van der Waals surface area contributed by atoms with Crippen LogP contribution in [0.5, 0.6) is 0 Å². The normalized spacial score (nSPS) is 20.2. The van der Waals surface area contributed by atoms with Crippen LogP contribution >= 0.6 is 0 Å². The number of rotatable bonds is 5. The van der Waals surface area contributed by atoms with Crippen LogP contribution < -0.4 is 0 Å². The van der Waals surface area contributed by atoms with Crippen molar-refractivity contribution in [1.29, 1.82) is 0 Å². The van der Waals surface area contributed by atoms with Gasteiger partial charge in [-0.15, -0.1) is 0 Å². The van der Waals surface area contributed by atoms with Gasteiger partial charge < -0.3 is 9.84 Å². The zero-order chi connectivity index (χ0) is 9.90. The van der Waals surface area contributed by atoms with Gasteiger partial charge in [0, 0.05) is 26.3 Å². The van der Waals surface area contributed by atoms with Gasteiger partial charge in [-0.25, -0.2) is 8.42 Å². The zero-order valence-corrected chi connectivity index (χ0v) is 8.46. The van der Waals surface area contributed by atoms with Gasteiger partial charge in [0.1, 0.15) is 0 Å². The third kappa shape index (κ3) is 3.22. The van der Waals surface area contributed by atoms with Gasteiger partial charge in [-0.2, -0.15) is 4.31 Å². The van der Waals surface area contributed by atoms with Crippen molar-refractivity contribution in [3.05, 3.63) is 0 Å². The van der Waals surface area contributed by atoms with Crippen molar-refractivity contribution in [2.75, 3.05) is 32.6 Å². The maximum absolute atomic E-state index is 10.9. The molecule has 1 aliphatic rings. The molecule has 13 heavy (non-hydrogen) atoms. The number of hydrogen-bond acceptors (Lipinski definition) is 4. The molecule has 1 aliphatic heterocycles. The van der Waals surface area contributed by atoms with E-state index in [1.165, 1.54) is 10.6 Å². The van der Waals surface area contributed by atoms with Gasteiger partial charge in [0.25, 0.3) is 0 Å². The molecule has 0 aromatic heterocycles. The third-order valence-corrected chi connectivity index (χ3v) is 3.18. The highest BCUT2D eigenvalue weighted by atomic mass is 32.2. The lowest BCUT2D eigenvalue weighted by Crippen LogP contribution is -2.54. The summed E-state index contributed by atoms with van der Waals surface area (Å²) in [6.07, 6.45) is 1.81. The van der Waals surface area contributed by atoms with Gasteiger partial charge in [0.15, 0.2) is 0 Å². The van der Waals surface area contributed by atoms with E-state index in [2.05, 4.69) is 0 Å². The summed E-state index contributed by atoms with van der Waals surface area (Å²) in [5, 5.41) is 8.46. The van der Waals surface area contributed by atoms with Crippen LogP contribution in [-0.4, -0.2) is 56.5 Å². The molecule has 1 fully saturated rings. The summed E-state index contributed by atoms with van der Waals surface area (Å²) in [5.41, 5.74) is 0. The Morgan fingerprint density at radius 1 is 1.54 bits per heavy atom. The van der Waals surface area contributed by atoms with Crippen molar-refractivity contribution in [1.82, 2.24) is 4.31 Å². The highest BCUT2D eigenvalue weighted by molar-refractivity contribution is 7.88. The van der Waals surface area contributed by atoms with Crippen LogP contribution in [0.3, 0.4) is 0 Å². The number of hydrogen-bond donors (Lipinski definition) is 1. The fourth-order valence-corrected chi connectivity index (χ4v) is 1.97. The number of nitrogens with zero attached hydrogens (tertiary/aromatic N) is 1. The molecule has 5 nitrogen and oxygen atoms in total. The predicted octanol–water partition coefficient (Wildman–Crippen LogP) is -0.971. The minimum absolute atomic E-state index is 0.0151. The summed E-state index contributed by atoms with van der Waals surface area (Å²) in [5.74, 6) is 0. The molecule has 0 aliphatic carbocycles. The minimum atomic E-state index is -3.03. The molecular weight excluding hydrogens is 194 g/mol. The summed E-state index contributed by atoms with van der Waals surface area (Å²) >= 11 is 0. The predicted molar refractivity (Wildman–Crippen MR) is 47.9 cm³/mol. The van der Waals surface area contributed by atoms with Gasteiger partial charge in [-0.1, -0.05) is 0 Å². The SMILES string of the molecule is CS(=O)(=O)N1CC(OCCCO)C1. The monoisotopic (exact) mass is 209 g/mol. The van der Waals surface area contributed by atoms with E-state index in [1.807, 2.05) is 0 Å². The molecule has 0 radical (unpaired) electrons. The fraction of sp³-hybridized carbons (Fsp3) is 1.00. The molecule has 1 N–H and O–H groups in total. The highest BCUT2D eigenvalue weighted by Gasteiger charge is 2.33. The molecule has 1 heterocycles. The van der Waals surface area contributed by atoms with Crippen LogP contribution in [0.2, 0.25) is 0 Å². The Morgan fingerprint density at radius 2 is 2.15 bits per heavy atom. The molecular formula is C7H15NO4S. The van der Waals surface area contributed by atoms with E-state index >= 15 is 0 Å². The van der Waals surface area contributed by atoms with Gasteiger partial charge in [-0.05, 0) is 6.42 Å². The maximum atomic E-state index is 10.9. The van der Waals surface area contributed by atoms with Gasteiger partial charge in [-0.3, -0.25) is 0 Å². The van der Waals surface area contributed by atoms with Crippen LogP contribution in [0.4, 0.5) is 0 Å². The molecule has 0 aromatic rings. The molecule has 78 valence electrons. The summed E-state index contributed by atoms with van der Waals surface area (Å²) in [4.78, 5) is 0. The summed E-state index contributed by atoms with van der Waals surface area (Å²) in [6.45, 7) is 1.51. The second-order valence-electron chi connectivity index (χ2n) is 3.15. The molecule has 1 rings (SSSR count). The standard InChI is InChI=1S/C7H15NO4S/c1-13(10,11)8-5-7(6-8)12-4-2-3-9/h7,9H,2-6H2,1H3. The zero-order valence-electron chi connectivity index (χ0n) is 7.64. The minimum Gasteiger partial charge on any atom is -0.396 e. The Morgan fingerprint density at radius 3 is 2.62 bits per heavy atom.